The molecule has 4 nitrogen and oxygen atoms in total. The van der Waals surface area contributed by atoms with Crippen LogP contribution in [-0.4, -0.2) is 15.3 Å². The normalized spacial score (nSPS) is 10.4. The molecule has 6 heteroatoms. The molecule has 1 heterocycles. The maximum Gasteiger partial charge on any atom is 0.129 e. The van der Waals surface area contributed by atoms with Gasteiger partial charge in [-0.3, -0.25) is 0 Å². The van der Waals surface area contributed by atoms with Gasteiger partial charge in [0.15, 0.2) is 0 Å². The topological polar surface area (TPSA) is 61.6 Å². The molecule has 0 spiro atoms. The highest BCUT2D eigenvalue weighted by Crippen LogP contribution is 2.29. The Balaban J connectivity index is 2.05. The first-order valence-electron chi connectivity index (χ1n) is 5.34. The zero-order valence-corrected chi connectivity index (χ0v) is 10.7. The molecule has 0 fully saturated rings. The van der Waals surface area contributed by atoms with Crippen LogP contribution in [0.5, 0.6) is 0 Å². The average Bonchev–Trinajstić information content (AvgIpc) is 2.79. The van der Waals surface area contributed by atoms with E-state index in [0.29, 0.717) is 11.4 Å². The summed E-state index contributed by atoms with van der Waals surface area (Å²) >= 11 is 7.30. The minimum absolute atomic E-state index is 0.595. The van der Waals surface area contributed by atoms with Gasteiger partial charge in [-0.15, -0.1) is 0 Å². The van der Waals surface area contributed by atoms with Gasteiger partial charge >= 0.3 is 0 Å². The molecule has 17 heavy (non-hydrogen) atoms. The van der Waals surface area contributed by atoms with Gasteiger partial charge in [0.05, 0.1) is 28.5 Å². The van der Waals surface area contributed by atoms with E-state index in [-0.39, 0.29) is 0 Å². The van der Waals surface area contributed by atoms with E-state index < -0.39 is 0 Å². The summed E-state index contributed by atoms with van der Waals surface area (Å²) in [5.41, 5.74) is 2.52. The van der Waals surface area contributed by atoms with Crippen LogP contribution in [0.3, 0.4) is 0 Å². The standard InChI is InChI=1S/C11H11ClN4S/c12-8-4-5-9-11(16-17-15-9)10(8)14-7-3-1-2-6-13/h4-5,14H,1-3,7H2. The summed E-state index contributed by atoms with van der Waals surface area (Å²) in [5, 5.41) is 12.4. The Labute approximate surface area is 109 Å². The molecule has 0 aliphatic carbocycles. The summed E-state index contributed by atoms with van der Waals surface area (Å²) in [6, 6.07) is 5.81. The van der Waals surface area contributed by atoms with Gasteiger partial charge in [0.1, 0.15) is 11.0 Å². The van der Waals surface area contributed by atoms with E-state index in [2.05, 4.69) is 20.1 Å². The second-order valence-corrected chi connectivity index (χ2v) is 4.53. The number of halogens is 1. The van der Waals surface area contributed by atoms with Crippen molar-refractivity contribution in [1.29, 1.82) is 5.26 Å². The molecule has 1 aromatic heterocycles. The van der Waals surface area contributed by atoms with Crippen molar-refractivity contribution in [2.24, 2.45) is 0 Å². The number of hydrogen-bond donors (Lipinski definition) is 1. The zero-order valence-electron chi connectivity index (χ0n) is 9.11. The van der Waals surface area contributed by atoms with E-state index in [1.54, 1.807) is 0 Å². The predicted molar refractivity (Wildman–Crippen MR) is 70.4 cm³/mol. The van der Waals surface area contributed by atoms with E-state index >= 15 is 0 Å². The molecular formula is C11H11ClN4S. The number of nitriles is 1. The summed E-state index contributed by atoms with van der Waals surface area (Å²) in [6.07, 6.45) is 2.43. The lowest BCUT2D eigenvalue weighted by molar-refractivity contribution is 0.785. The maximum absolute atomic E-state index is 8.43. The Morgan fingerprint density at radius 1 is 1.35 bits per heavy atom. The van der Waals surface area contributed by atoms with Crippen LogP contribution in [0.1, 0.15) is 19.3 Å². The van der Waals surface area contributed by atoms with E-state index in [9.17, 15) is 0 Å². The van der Waals surface area contributed by atoms with Crippen LogP contribution in [0.4, 0.5) is 5.69 Å². The number of anilines is 1. The fourth-order valence-electron chi connectivity index (χ4n) is 1.54. The minimum atomic E-state index is 0.595. The fourth-order valence-corrected chi connectivity index (χ4v) is 2.30. The molecule has 1 N–H and O–H groups in total. The van der Waals surface area contributed by atoms with Crippen molar-refractivity contribution in [2.75, 3.05) is 11.9 Å². The maximum atomic E-state index is 8.43. The molecule has 88 valence electrons. The molecule has 0 saturated heterocycles. The highest BCUT2D eigenvalue weighted by atomic mass is 35.5. The smallest absolute Gasteiger partial charge is 0.129 e. The number of nitrogens with one attached hydrogen (secondary N) is 1. The van der Waals surface area contributed by atoms with Gasteiger partial charge in [-0.05, 0) is 25.0 Å². The van der Waals surface area contributed by atoms with E-state index in [1.807, 2.05) is 12.1 Å². The van der Waals surface area contributed by atoms with Crippen LogP contribution in [0.15, 0.2) is 12.1 Å². The summed E-state index contributed by atoms with van der Waals surface area (Å²) in [7, 11) is 0. The molecule has 0 saturated carbocycles. The van der Waals surface area contributed by atoms with Crippen molar-refractivity contribution >= 4 is 40.0 Å². The van der Waals surface area contributed by atoms with Gasteiger partial charge in [0.2, 0.25) is 0 Å². The average molecular weight is 267 g/mol. The molecule has 0 aliphatic rings. The number of hydrogen-bond acceptors (Lipinski definition) is 5. The third kappa shape index (κ3) is 2.84. The molecule has 0 bridgehead atoms. The second kappa shape index (κ2) is 5.80. The summed E-state index contributed by atoms with van der Waals surface area (Å²) in [6.45, 7) is 0.790. The summed E-state index contributed by atoms with van der Waals surface area (Å²) in [4.78, 5) is 0. The lowest BCUT2D eigenvalue weighted by Crippen LogP contribution is -2.02. The summed E-state index contributed by atoms with van der Waals surface area (Å²) < 4.78 is 8.39. The number of nitrogens with zero attached hydrogens (tertiary/aromatic N) is 3. The Hall–Kier alpha value is -1.38. The third-order valence-corrected chi connectivity index (χ3v) is 3.25. The molecular weight excluding hydrogens is 256 g/mol. The van der Waals surface area contributed by atoms with Gasteiger partial charge < -0.3 is 5.32 Å². The van der Waals surface area contributed by atoms with Gasteiger partial charge in [-0.2, -0.15) is 14.0 Å². The summed E-state index contributed by atoms with van der Waals surface area (Å²) in [5.74, 6) is 0. The molecule has 0 unspecified atom stereocenters. The van der Waals surface area contributed by atoms with Gasteiger partial charge in [0.25, 0.3) is 0 Å². The minimum Gasteiger partial charge on any atom is -0.382 e. The van der Waals surface area contributed by atoms with E-state index in [0.717, 1.165) is 36.1 Å². The number of rotatable bonds is 5. The van der Waals surface area contributed by atoms with Crippen molar-refractivity contribution in [3.8, 4) is 6.07 Å². The first-order chi connectivity index (χ1) is 8.33. The lowest BCUT2D eigenvalue weighted by Gasteiger charge is -2.07. The van der Waals surface area contributed by atoms with Gasteiger partial charge in [0, 0.05) is 13.0 Å². The third-order valence-electron chi connectivity index (χ3n) is 2.39. The van der Waals surface area contributed by atoms with Crippen LogP contribution >= 0.6 is 23.3 Å². The first kappa shape index (κ1) is 12.1. The SMILES string of the molecule is N#CCCCCNc1c(Cl)ccc2nsnc12. The van der Waals surface area contributed by atoms with Crippen molar-refractivity contribution in [2.45, 2.75) is 19.3 Å². The number of unbranched alkanes of at least 4 members (excludes halogenated alkanes) is 2. The largest absolute Gasteiger partial charge is 0.382 e. The van der Waals surface area contributed by atoms with Crippen LogP contribution in [0.2, 0.25) is 5.02 Å². The fraction of sp³-hybridized carbons (Fsp3) is 0.364. The molecule has 2 rings (SSSR count). The van der Waals surface area contributed by atoms with Crippen molar-refractivity contribution < 1.29 is 0 Å². The Morgan fingerprint density at radius 3 is 3.06 bits per heavy atom. The zero-order chi connectivity index (χ0) is 12.1. The van der Waals surface area contributed by atoms with Crippen molar-refractivity contribution in [1.82, 2.24) is 8.75 Å². The molecule has 0 amide bonds. The lowest BCUT2D eigenvalue weighted by atomic mass is 10.2. The molecule has 0 radical (unpaired) electrons. The van der Waals surface area contributed by atoms with E-state index in [4.69, 9.17) is 16.9 Å². The van der Waals surface area contributed by atoms with Crippen LogP contribution in [0, 0.1) is 11.3 Å². The quantitative estimate of drug-likeness (QED) is 0.842. The van der Waals surface area contributed by atoms with E-state index in [1.165, 1.54) is 11.7 Å². The highest BCUT2D eigenvalue weighted by molar-refractivity contribution is 7.00. The Bertz CT molecular complexity index is 546. The molecule has 2 aromatic rings. The number of benzene rings is 1. The monoisotopic (exact) mass is 266 g/mol. The van der Waals surface area contributed by atoms with Crippen molar-refractivity contribution in [3.05, 3.63) is 17.2 Å². The Kier molecular flexibility index (Phi) is 4.13. The van der Waals surface area contributed by atoms with Crippen LogP contribution in [-0.2, 0) is 0 Å². The predicted octanol–water partition coefficient (Wildman–Crippen LogP) is 3.45. The first-order valence-corrected chi connectivity index (χ1v) is 6.45. The highest BCUT2D eigenvalue weighted by Gasteiger charge is 2.08. The molecule has 0 atom stereocenters. The van der Waals surface area contributed by atoms with Gasteiger partial charge in [-0.25, -0.2) is 0 Å². The molecule has 0 aliphatic heterocycles. The number of fused-ring (bicyclic) bond motifs is 1. The molecule has 1 aromatic carbocycles. The van der Waals surface area contributed by atoms with Crippen LogP contribution in [0.25, 0.3) is 11.0 Å². The number of aromatic nitrogens is 2. The van der Waals surface area contributed by atoms with Crippen molar-refractivity contribution in [3.63, 3.8) is 0 Å². The Morgan fingerprint density at radius 2 is 2.24 bits per heavy atom. The van der Waals surface area contributed by atoms with Crippen LogP contribution < -0.4 is 5.32 Å². The van der Waals surface area contributed by atoms with Gasteiger partial charge in [-0.1, -0.05) is 11.6 Å². The second-order valence-electron chi connectivity index (χ2n) is 3.60.